The van der Waals surface area contributed by atoms with E-state index in [4.69, 9.17) is 0 Å². The maximum Gasteiger partial charge on any atom is 0.0586 e. The van der Waals surface area contributed by atoms with Crippen molar-refractivity contribution in [1.29, 1.82) is 0 Å². The van der Waals surface area contributed by atoms with Crippen molar-refractivity contribution in [2.45, 2.75) is 46.1 Å². The van der Waals surface area contributed by atoms with E-state index in [1.165, 1.54) is 25.9 Å². The van der Waals surface area contributed by atoms with Crippen LogP contribution in [0.15, 0.2) is 0 Å². The van der Waals surface area contributed by atoms with Crippen molar-refractivity contribution in [3.63, 3.8) is 0 Å². The first-order valence-corrected chi connectivity index (χ1v) is 6.04. The predicted molar refractivity (Wildman–Crippen MR) is 60.3 cm³/mol. The molecular weight excluding hydrogens is 174 g/mol. The molecule has 0 aromatic heterocycles. The standard InChI is InChI=1S/C12H25NO/c1-4-12(9-14)13-7-5-6-11(8-13)10(2)3/h10-12,14H,4-9H2,1-3H3. The first kappa shape index (κ1) is 12.0. The molecular formula is C12H25NO. The minimum absolute atomic E-state index is 0.321. The van der Waals surface area contributed by atoms with Crippen LogP contribution in [-0.4, -0.2) is 35.7 Å². The zero-order valence-electron chi connectivity index (χ0n) is 9.87. The second-order valence-corrected chi connectivity index (χ2v) is 4.89. The summed E-state index contributed by atoms with van der Waals surface area (Å²) in [4.78, 5) is 2.48. The van der Waals surface area contributed by atoms with E-state index < -0.39 is 0 Å². The molecule has 2 nitrogen and oxygen atoms in total. The Hall–Kier alpha value is -0.0800. The molecule has 1 N–H and O–H groups in total. The van der Waals surface area contributed by atoms with Gasteiger partial charge in [0.15, 0.2) is 0 Å². The number of nitrogens with zero attached hydrogens (tertiary/aromatic N) is 1. The Morgan fingerprint density at radius 3 is 2.64 bits per heavy atom. The van der Waals surface area contributed by atoms with Crippen molar-refractivity contribution in [2.75, 3.05) is 19.7 Å². The summed E-state index contributed by atoms with van der Waals surface area (Å²) in [5.74, 6) is 1.62. The van der Waals surface area contributed by atoms with Gasteiger partial charge < -0.3 is 5.11 Å². The molecule has 1 aliphatic rings. The van der Waals surface area contributed by atoms with Crippen LogP contribution in [0.3, 0.4) is 0 Å². The molecule has 1 rings (SSSR count). The minimum atomic E-state index is 0.321. The van der Waals surface area contributed by atoms with Gasteiger partial charge in [0.1, 0.15) is 0 Å². The van der Waals surface area contributed by atoms with E-state index in [2.05, 4.69) is 25.7 Å². The smallest absolute Gasteiger partial charge is 0.0586 e. The summed E-state index contributed by atoms with van der Waals surface area (Å²) < 4.78 is 0. The third-order valence-electron chi connectivity index (χ3n) is 3.63. The van der Waals surface area contributed by atoms with Gasteiger partial charge in [-0.25, -0.2) is 0 Å². The number of likely N-dealkylation sites (tertiary alicyclic amines) is 1. The molecule has 2 heteroatoms. The Morgan fingerprint density at radius 1 is 1.43 bits per heavy atom. The molecule has 1 heterocycles. The van der Waals surface area contributed by atoms with Crippen molar-refractivity contribution in [3.05, 3.63) is 0 Å². The highest BCUT2D eigenvalue weighted by Gasteiger charge is 2.25. The third kappa shape index (κ3) is 2.96. The normalized spacial score (nSPS) is 26.8. The number of hydrogen-bond donors (Lipinski definition) is 1. The molecule has 2 atom stereocenters. The number of aliphatic hydroxyl groups is 1. The summed E-state index contributed by atoms with van der Waals surface area (Å²) in [7, 11) is 0. The lowest BCUT2D eigenvalue weighted by molar-refractivity contribution is 0.0651. The van der Waals surface area contributed by atoms with Crippen LogP contribution in [0.4, 0.5) is 0 Å². The van der Waals surface area contributed by atoms with E-state index >= 15 is 0 Å². The molecule has 0 amide bonds. The lowest BCUT2D eigenvalue weighted by Gasteiger charge is -2.38. The predicted octanol–water partition coefficient (Wildman–Crippen LogP) is 2.13. The van der Waals surface area contributed by atoms with Gasteiger partial charge >= 0.3 is 0 Å². The molecule has 0 spiro atoms. The van der Waals surface area contributed by atoms with Gasteiger partial charge in [-0.3, -0.25) is 4.90 Å². The molecule has 2 unspecified atom stereocenters. The first-order chi connectivity index (χ1) is 6.69. The van der Waals surface area contributed by atoms with Gasteiger partial charge in [0, 0.05) is 12.6 Å². The van der Waals surface area contributed by atoms with Gasteiger partial charge in [0.2, 0.25) is 0 Å². The Kier molecular flexibility index (Phi) is 4.90. The van der Waals surface area contributed by atoms with Crippen molar-refractivity contribution < 1.29 is 5.11 Å². The van der Waals surface area contributed by atoms with Crippen molar-refractivity contribution in [1.82, 2.24) is 4.90 Å². The Morgan fingerprint density at radius 2 is 2.14 bits per heavy atom. The van der Waals surface area contributed by atoms with Gasteiger partial charge in [0.25, 0.3) is 0 Å². The lowest BCUT2D eigenvalue weighted by atomic mass is 9.87. The van der Waals surface area contributed by atoms with Crippen LogP contribution in [-0.2, 0) is 0 Å². The molecule has 1 fully saturated rings. The molecule has 0 radical (unpaired) electrons. The molecule has 0 bridgehead atoms. The molecule has 84 valence electrons. The highest BCUT2D eigenvalue weighted by Crippen LogP contribution is 2.25. The molecule has 0 saturated carbocycles. The van der Waals surface area contributed by atoms with Crippen LogP contribution in [0.2, 0.25) is 0 Å². The number of hydrogen-bond acceptors (Lipinski definition) is 2. The van der Waals surface area contributed by atoms with Crippen LogP contribution in [0.5, 0.6) is 0 Å². The summed E-state index contributed by atoms with van der Waals surface area (Å²) in [6.07, 6.45) is 3.75. The molecule has 1 aliphatic heterocycles. The van der Waals surface area contributed by atoms with E-state index in [-0.39, 0.29) is 0 Å². The Balaban J connectivity index is 2.46. The van der Waals surface area contributed by atoms with Gasteiger partial charge in [-0.05, 0) is 37.6 Å². The summed E-state index contributed by atoms with van der Waals surface area (Å²) in [6, 6.07) is 0.400. The van der Waals surface area contributed by atoms with Crippen LogP contribution < -0.4 is 0 Å². The van der Waals surface area contributed by atoms with Gasteiger partial charge in [-0.2, -0.15) is 0 Å². The average molecular weight is 199 g/mol. The molecule has 14 heavy (non-hydrogen) atoms. The molecule has 0 aromatic rings. The van der Waals surface area contributed by atoms with Crippen molar-refractivity contribution in [2.24, 2.45) is 11.8 Å². The van der Waals surface area contributed by atoms with E-state index in [0.717, 1.165) is 18.3 Å². The van der Waals surface area contributed by atoms with Crippen molar-refractivity contribution in [3.8, 4) is 0 Å². The molecule has 0 aromatic carbocycles. The molecule has 0 aliphatic carbocycles. The summed E-state index contributed by atoms with van der Waals surface area (Å²) in [5.41, 5.74) is 0. The van der Waals surface area contributed by atoms with Crippen LogP contribution in [0.1, 0.15) is 40.0 Å². The first-order valence-electron chi connectivity index (χ1n) is 6.04. The van der Waals surface area contributed by atoms with E-state index in [0.29, 0.717) is 12.6 Å². The summed E-state index contributed by atoms with van der Waals surface area (Å²) in [6.45, 7) is 9.49. The highest BCUT2D eigenvalue weighted by atomic mass is 16.3. The van der Waals surface area contributed by atoms with E-state index in [1.54, 1.807) is 0 Å². The fourth-order valence-corrected chi connectivity index (χ4v) is 2.42. The van der Waals surface area contributed by atoms with Gasteiger partial charge in [-0.1, -0.05) is 20.8 Å². The maximum atomic E-state index is 9.26. The van der Waals surface area contributed by atoms with Gasteiger partial charge in [-0.15, -0.1) is 0 Å². The monoisotopic (exact) mass is 199 g/mol. The fourth-order valence-electron chi connectivity index (χ4n) is 2.42. The SMILES string of the molecule is CCC(CO)N1CCCC(C(C)C)C1. The highest BCUT2D eigenvalue weighted by molar-refractivity contribution is 4.79. The Bertz CT molecular complexity index is 154. The molecule has 1 saturated heterocycles. The largest absolute Gasteiger partial charge is 0.395 e. The quantitative estimate of drug-likeness (QED) is 0.749. The number of aliphatic hydroxyl groups excluding tert-OH is 1. The van der Waals surface area contributed by atoms with Crippen molar-refractivity contribution >= 4 is 0 Å². The van der Waals surface area contributed by atoms with Crippen LogP contribution in [0.25, 0.3) is 0 Å². The van der Waals surface area contributed by atoms with E-state index in [9.17, 15) is 5.11 Å². The second-order valence-electron chi connectivity index (χ2n) is 4.89. The number of piperidine rings is 1. The van der Waals surface area contributed by atoms with Crippen LogP contribution >= 0.6 is 0 Å². The topological polar surface area (TPSA) is 23.5 Å². The minimum Gasteiger partial charge on any atom is -0.395 e. The second kappa shape index (κ2) is 5.72. The van der Waals surface area contributed by atoms with Gasteiger partial charge in [0.05, 0.1) is 6.61 Å². The Labute approximate surface area is 88.3 Å². The lowest BCUT2D eigenvalue weighted by Crippen LogP contribution is -2.45. The average Bonchev–Trinajstić information content (AvgIpc) is 2.20. The maximum absolute atomic E-state index is 9.26. The van der Waals surface area contributed by atoms with Crippen LogP contribution in [0, 0.1) is 11.8 Å². The van der Waals surface area contributed by atoms with E-state index in [1.807, 2.05) is 0 Å². The zero-order chi connectivity index (χ0) is 10.6. The zero-order valence-corrected chi connectivity index (χ0v) is 9.87. The summed E-state index contributed by atoms with van der Waals surface area (Å²) >= 11 is 0. The third-order valence-corrected chi connectivity index (χ3v) is 3.63. The number of rotatable bonds is 4. The summed E-state index contributed by atoms with van der Waals surface area (Å²) in [5, 5.41) is 9.26. The fraction of sp³-hybridized carbons (Fsp3) is 1.00.